The molecule has 5 nitrogen and oxygen atoms in total. The number of esters is 1. The molecule has 0 unspecified atom stereocenters. The van der Waals surface area contributed by atoms with Crippen molar-refractivity contribution < 1.29 is 19.1 Å². The third-order valence-corrected chi connectivity index (χ3v) is 3.13. The number of nitrogens with one attached hydrogen (secondary N) is 1. The van der Waals surface area contributed by atoms with Crippen LogP contribution in [-0.4, -0.2) is 25.1 Å². The van der Waals surface area contributed by atoms with Crippen LogP contribution in [0, 0.1) is 0 Å². The van der Waals surface area contributed by atoms with Crippen molar-refractivity contribution in [2.45, 2.75) is 0 Å². The molecule has 120 valence electrons. The molecular weight excluding hydrogens is 341 g/mol. The van der Waals surface area contributed by atoms with Gasteiger partial charge in [-0.15, -0.1) is 0 Å². The summed E-state index contributed by atoms with van der Waals surface area (Å²) in [6.45, 7) is -0.707. The molecule has 0 bridgehead atoms. The lowest BCUT2D eigenvalue weighted by molar-refractivity contribution is -0.149. The van der Waals surface area contributed by atoms with Crippen molar-refractivity contribution in [3.63, 3.8) is 0 Å². The van der Waals surface area contributed by atoms with E-state index in [1.54, 1.807) is 48.5 Å². The highest BCUT2D eigenvalue weighted by Gasteiger charge is 2.09. The van der Waals surface area contributed by atoms with Gasteiger partial charge in [-0.3, -0.25) is 4.79 Å². The van der Waals surface area contributed by atoms with Gasteiger partial charge in [0, 0.05) is 15.7 Å². The van der Waals surface area contributed by atoms with Crippen LogP contribution in [0.4, 0.5) is 5.69 Å². The van der Waals surface area contributed by atoms with Gasteiger partial charge in [0.1, 0.15) is 5.75 Å². The van der Waals surface area contributed by atoms with Crippen molar-refractivity contribution >= 4 is 40.8 Å². The molecule has 1 amide bonds. The van der Waals surface area contributed by atoms with Crippen LogP contribution in [0.15, 0.2) is 48.5 Å². The van der Waals surface area contributed by atoms with E-state index in [0.29, 0.717) is 21.5 Å². The fraction of sp³-hybridized carbons (Fsp3) is 0.125. The average molecular weight is 354 g/mol. The highest BCUT2D eigenvalue weighted by molar-refractivity contribution is 6.31. The highest BCUT2D eigenvalue weighted by Crippen LogP contribution is 2.16. The van der Waals surface area contributed by atoms with E-state index in [9.17, 15) is 9.59 Å². The first kappa shape index (κ1) is 17.1. The first-order chi connectivity index (χ1) is 11.0. The SMILES string of the molecule is O=C(COC(=O)COc1ccc(Cl)cc1)Nc1cccc(Cl)c1. The van der Waals surface area contributed by atoms with Crippen molar-refractivity contribution in [2.24, 2.45) is 0 Å². The molecule has 0 aromatic heterocycles. The molecule has 1 N–H and O–H groups in total. The van der Waals surface area contributed by atoms with Gasteiger partial charge in [0.2, 0.25) is 0 Å². The number of rotatable bonds is 6. The van der Waals surface area contributed by atoms with Gasteiger partial charge < -0.3 is 14.8 Å². The van der Waals surface area contributed by atoms with Gasteiger partial charge in [0.25, 0.3) is 5.91 Å². The van der Waals surface area contributed by atoms with E-state index in [2.05, 4.69) is 5.32 Å². The predicted molar refractivity (Wildman–Crippen MR) is 88.0 cm³/mol. The van der Waals surface area contributed by atoms with Crippen LogP contribution >= 0.6 is 23.2 Å². The van der Waals surface area contributed by atoms with E-state index in [1.807, 2.05) is 0 Å². The fourth-order valence-corrected chi connectivity index (χ4v) is 1.94. The lowest BCUT2D eigenvalue weighted by Gasteiger charge is -2.08. The Balaban J connectivity index is 1.71. The minimum absolute atomic E-state index is 0.300. The lowest BCUT2D eigenvalue weighted by atomic mass is 10.3. The Kier molecular flexibility index (Phi) is 6.26. The molecule has 23 heavy (non-hydrogen) atoms. The van der Waals surface area contributed by atoms with Crippen molar-refractivity contribution in [3.05, 3.63) is 58.6 Å². The molecule has 0 spiro atoms. The van der Waals surface area contributed by atoms with Gasteiger partial charge in [0.15, 0.2) is 13.2 Å². The van der Waals surface area contributed by atoms with E-state index in [1.165, 1.54) is 0 Å². The van der Waals surface area contributed by atoms with Crippen LogP contribution in [0.5, 0.6) is 5.75 Å². The molecule has 0 aliphatic carbocycles. The molecule has 0 fully saturated rings. The Morgan fingerprint density at radius 2 is 1.70 bits per heavy atom. The Hall–Kier alpha value is -2.24. The largest absolute Gasteiger partial charge is 0.482 e. The molecule has 0 radical (unpaired) electrons. The lowest BCUT2D eigenvalue weighted by Crippen LogP contribution is -2.23. The third-order valence-electron chi connectivity index (χ3n) is 2.64. The van der Waals surface area contributed by atoms with Crippen molar-refractivity contribution in [1.82, 2.24) is 0 Å². The second kappa shape index (κ2) is 8.41. The number of anilines is 1. The standard InChI is InChI=1S/C16H13Cl2NO4/c17-11-4-6-14(7-5-11)22-10-16(21)23-9-15(20)19-13-3-1-2-12(18)8-13/h1-8H,9-10H2,(H,19,20). The predicted octanol–water partition coefficient (Wildman–Crippen LogP) is 3.55. The topological polar surface area (TPSA) is 64.6 Å². The maximum absolute atomic E-state index is 11.7. The second-order valence-electron chi connectivity index (χ2n) is 4.46. The molecule has 7 heteroatoms. The Morgan fingerprint density at radius 1 is 0.957 bits per heavy atom. The van der Waals surface area contributed by atoms with Crippen molar-refractivity contribution in [1.29, 1.82) is 0 Å². The molecule has 2 aromatic rings. The molecule has 2 rings (SSSR count). The summed E-state index contributed by atoms with van der Waals surface area (Å²) in [5.74, 6) is -0.636. The quantitative estimate of drug-likeness (QED) is 0.806. The van der Waals surface area contributed by atoms with Crippen LogP contribution in [0.25, 0.3) is 0 Å². The third kappa shape index (κ3) is 6.18. The Morgan fingerprint density at radius 3 is 2.39 bits per heavy atom. The molecule has 0 aliphatic rings. The zero-order chi connectivity index (χ0) is 16.7. The molecule has 0 atom stereocenters. The second-order valence-corrected chi connectivity index (χ2v) is 5.33. The molecule has 2 aromatic carbocycles. The zero-order valence-electron chi connectivity index (χ0n) is 11.9. The van der Waals surface area contributed by atoms with Crippen molar-refractivity contribution in [3.8, 4) is 5.75 Å². The maximum atomic E-state index is 11.7. The van der Waals surface area contributed by atoms with E-state index in [4.69, 9.17) is 32.7 Å². The molecule has 0 aliphatic heterocycles. The summed E-state index contributed by atoms with van der Waals surface area (Å²) in [4.78, 5) is 23.2. The van der Waals surface area contributed by atoms with Gasteiger partial charge in [-0.1, -0.05) is 29.3 Å². The van der Waals surface area contributed by atoms with E-state index in [0.717, 1.165) is 0 Å². The summed E-state index contributed by atoms with van der Waals surface area (Å²) in [5.41, 5.74) is 0.524. The first-order valence-corrected chi connectivity index (χ1v) is 7.38. The minimum Gasteiger partial charge on any atom is -0.482 e. The Labute approximate surface area is 143 Å². The number of hydrogen-bond donors (Lipinski definition) is 1. The van der Waals surface area contributed by atoms with Crippen LogP contribution in [0.2, 0.25) is 10.0 Å². The summed E-state index contributed by atoms with van der Waals surface area (Å²) in [7, 11) is 0. The Bertz CT molecular complexity index is 689. The fourth-order valence-electron chi connectivity index (χ4n) is 1.62. The number of benzene rings is 2. The minimum atomic E-state index is -0.652. The average Bonchev–Trinajstić information content (AvgIpc) is 2.52. The number of amides is 1. The van der Waals surface area contributed by atoms with E-state index >= 15 is 0 Å². The number of carbonyl (C=O) groups excluding carboxylic acids is 2. The monoisotopic (exact) mass is 353 g/mol. The van der Waals surface area contributed by atoms with Crippen LogP contribution in [-0.2, 0) is 14.3 Å². The number of hydrogen-bond acceptors (Lipinski definition) is 4. The summed E-state index contributed by atoms with van der Waals surface area (Å²) in [6, 6.07) is 13.2. The highest BCUT2D eigenvalue weighted by atomic mass is 35.5. The van der Waals surface area contributed by atoms with Gasteiger partial charge >= 0.3 is 5.97 Å². The summed E-state index contributed by atoms with van der Waals surface area (Å²) in [6.07, 6.45) is 0. The maximum Gasteiger partial charge on any atom is 0.344 e. The van der Waals surface area contributed by atoms with Gasteiger partial charge in [-0.2, -0.15) is 0 Å². The number of carbonyl (C=O) groups is 2. The molecule has 0 saturated heterocycles. The van der Waals surface area contributed by atoms with Crippen LogP contribution in [0.1, 0.15) is 0 Å². The van der Waals surface area contributed by atoms with Crippen molar-refractivity contribution in [2.75, 3.05) is 18.5 Å². The van der Waals surface area contributed by atoms with E-state index in [-0.39, 0.29) is 6.61 Å². The summed E-state index contributed by atoms with van der Waals surface area (Å²) < 4.78 is 10.0. The smallest absolute Gasteiger partial charge is 0.344 e. The number of halogens is 2. The van der Waals surface area contributed by atoms with Gasteiger partial charge in [-0.05, 0) is 42.5 Å². The molecule has 0 saturated carbocycles. The van der Waals surface area contributed by atoms with Crippen LogP contribution < -0.4 is 10.1 Å². The zero-order valence-corrected chi connectivity index (χ0v) is 13.4. The van der Waals surface area contributed by atoms with Crippen LogP contribution in [0.3, 0.4) is 0 Å². The van der Waals surface area contributed by atoms with Gasteiger partial charge in [0.05, 0.1) is 0 Å². The first-order valence-electron chi connectivity index (χ1n) is 6.62. The molecular formula is C16H13Cl2NO4. The number of ether oxygens (including phenoxy) is 2. The summed E-state index contributed by atoms with van der Waals surface area (Å²) >= 11 is 11.5. The summed E-state index contributed by atoms with van der Waals surface area (Å²) in [5, 5.41) is 3.63. The van der Waals surface area contributed by atoms with Gasteiger partial charge in [-0.25, -0.2) is 4.79 Å². The molecule has 0 heterocycles. The normalized spacial score (nSPS) is 10.0. The van der Waals surface area contributed by atoms with E-state index < -0.39 is 18.5 Å².